The second kappa shape index (κ2) is 3.47. The van der Waals surface area contributed by atoms with Crippen molar-refractivity contribution in [3.63, 3.8) is 0 Å². The number of hydrogen-bond acceptors (Lipinski definition) is 4. The maximum absolute atomic E-state index is 11.8. The van der Waals surface area contributed by atoms with E-state index in [1.54, 1.807) is 7.11 Å². The summed E-state index contributed by atoms with van der Waals surface area (Å²) < 4.78 is 15.8. The van der Waals surface area contributed by atoms with Gasteiger partial charge < -0.3 is 14.2 Å². The number of carbonyl (C=O) groups excluding carboxylic acids is 1. The van der Waals surface area contributed by atoms with Crippen LogP contribution in [-0.4, -0.2) is 19.9 Å². The Morgan fingerprint density at radius 3 is 3.12 bits per heavy atom. The molecule has 2 unspecified atom stereocenters. The second-order valence-electron chi connectivity index (χ2n) is 4.78. The van der Waals surface area contributed by atoms with Gasteiger partial charge in [0.25, 0.3) is 0 Å². The fourth-order valence-electron chi connectivity index (χ4n) is 2.43. The van der Waals surface area contributed by atoms with E-state index in [4.69, 9.17) is 14.2 Å². The minimum Gasteiger partial charge on any atom is -0.467 e. The largest absolute Gasteiger partial charge is 0.467 e. The van der Waals surface area contributed by atoms with E-state index in [9.17, 15) is 4.79 Å². The molecule has 0 saturated heterocycles. The number of fused-ring (bicyclic) bond motifs is 3. The van der Waals surface area contributed by atoms with Gasteiger partial charge in [-0.05, 0) is 25.5 Å². The average Bonchev–Trinajstić information content (AvgIpc) is 3.00. The number of benzene rings is 1. The normalized spacial score (nSPS) is 29.1. The van der Waals surface area contributed by atoms with E-state index in [1.807, 2.05) is 25.1 Å². The Kier molecular flexibility index (Phi) is 2.16. The van der Waals surface area contributed by atoms with E-state index in [1.165, 1.54) is 0 Å². The minimum absolute atomic E-state index is 0.126. The van der Waals surface area contributed by atoms with Crippen LogP contribution in [0, 0.1) is 5.41 Å². The molecule has 2 aliphatic rings. The Hall–Kier alpha value is -1.55. The van der Waals surface area contributed by atoms with E-state index in [0.29, 0.717) is 5.75 Å². The van der Waals surface area contributed by atoms with E-state index < -0.39 is 0 Å². The summed E-state index contributed by atoms with van der Waals surface area (Å²) in [5.74, 6) is 1.49. The molecule has 0 bridgehead atoms. The highest BCUT2D eigenvalue weighted by Gasteiger charge is 2.62. The fraction of sp³-hybridized carbons (Fsp3) is 0.462. The monoisotopic (exact) mass is 234 g/mol. The van der Waals surface area contributed by atoms with E-state index in [2.05, 4.69) is 0 Å². The Bertz CT molecular complexity index is 482. The van der Waals surface area contributed by atoms with Gasteiger partial charge in [0.15, 0.2) is 6.79 Å². The molecule has 0 radical (unpaired) electrons. The van der Waals surface area contributed by atoms with Crippen LogP contribution in [0.25, 0.3) is 0 Å². The minimum atomic E-state index is -0.348. The van der Waals surface area contributed by atoms with Crippen LogP contribution in [0.15, 0.2) is 18.2 Å². The Labute approximate surface area is 99.5 Å². The number of methoxy groups -OCH3 is 1. The van der Waals surface area contributed by atoms with Crippen LogP contribution in [0.4, 0.5) is 0 Å². The first-order valence-corrected chi connectivity index (χ1v) is 5.64. The zero-order valence-corrected chi connectivity index (χ0v) is 9.86. The van der Waals surface area contributed by atoms with Gasteiger partial charge in [0.05, 0.1) is 5.41 Å². The number of esters is 1. The molecular weight excluding hydrogens is 220 g/mol. The van der Waals surface area contributed by atoms with Crippen molar-refractivity contribution in [2.75, 3.05) is 13.9 Å². The van der Waals surface area contributed by atoms with Crippen molar-refractivity contribution >= 4 is 5.97 Å². The number of ether oxygens (including phenoxy) is 3. The molecule has 2 atom stereocenters. The van der Waals surface area contributed by atoms with Crippen LogP contribution in [0.1, 0.15) is 24.8 Å². The van der Waals surface area contributed by atoms with Crippen molar-refractivity contribution in [3.8, 4) is 11.5 Å². The quantitative estimate of drug-likeness (QED) is 0.456. The smallest absolute Gasteiger partial charge is 0.317 e. The van der Waals surface area contributed by atoms with E-state index in [0.717, 1.165) is 17.7 Å². The third-order valence-electron chi connectivity index (χ3n) is 3.61. The highest BCUT2D eigenvalue weighted by molar-refractivity contribution is 5.87. The molecule has 1 heterocycles. The summed E-state index contributed by atoms with van der Waals surface area (Å²) in [6.45, 7) is 2.14. The molecule has 1 aliphatic heterocycles. The average molecular weight is 234 g/mol. The van der Waals surface area contributed by atoms with Crippen LogP contribution < -0.4 is 9.47 Å². The van der Waals surface area contributed by atoms with E-state index in [-0.39, 0.29) is 24.1 Å². The molecule has 1 aromatic rings. The molecular formula is C13H14O4. The highest BCUT2D eigenvalue weighted by atomic mass is 16.7. The first kappa shape index (κ1) is 10.6. The summed E-state index contributed by atoms with van der Waals surface area (Å²) in [4.78, 5) is 11.8. The second-order valence-corrected chi connectivity index (χ2v) is 4.78. The van der Waals surface area contributed by atoms with Crippen LogP contribution >= 0.6 is 0 Å². The molecule has 0 N–H and O–H groups in total. The van der Waals surface area contributed by atoms with E-state index >= 15 is 0 Å². The molecule has 17 heavy (non-hydrogen) atoms. The first-order chi connectivity index (χ1) is 8.16. The molecule has 1 fully saturated rings. The van der Waals surface area contributed by atoms with Gasteiger partial charge in [-0.3, -0.25) is 4.79 Å². The lowest BCUT2D eigenvalue weighted by molar-refractivity contribution is -0.140. The molecule has 1 aliphatic carbocycles. The lowest BCUT2D eigenvalue weighted by Crippen LogP contribution is -2.25. The van der Waals surface area contributed by atoms with Crippen molar-refractivity contribution < 1.29 is 19.0 Å². The SMILES string of the molecule is COCOc1cccc2c1C1CC1(C)C(=O)O2. The van der Waals surface area contributed by atoms with Crippen LogP contribution in [0.2, 0.25) is 0 Å². The summed E-state index contributed by atoms with van der Waals surface area (Å²) in [6, 6.07) is 5.52. The Balaban J connectivity index is 2.00. The number of rotatable bonds is 3. The maximum Gasteiger partial charge on any atom is 0.317 e. The summed E-state index contributed by atoms with van der Waals surface area (Å²) in [5, 5.41) is 0. The van der Waals surface area contributed by atoms with Crippen molar-refractivity contribution in [1.29, 1.82) is 0 Å². The zero-order chi connectivity index (χ0) is 12.0. The Morgan fingerprint density at radius 2 is 2.35 bits per heavy atom. The Morgan fingerprint density at radius 1 is 1.53 bits per heavy atom. The van der Waals surface area contributed by atoms with Gasteiger partial charge >= 0.3 is 5.97 Å². The van der Waals surface area contributed by atoms with Crippen molar-refractivity contribution in [2.24, 2.45) is 5.41 Å². The number of hydrogen-bond donors (Lipinski definition) is 0. The first-order valence-electron chi connectivity index (χ1n) is 5.64. The lowest BCUT2D eigenvalue weighted by atomic mass is 9.97. The highest BCUT2D eigenvalue weighted by Crippen LogP contribution is 2.65. The zero-order valence-electron chi connectivity index (χ0n) is 9.86. The molecule has 1 saturated carbocycles. The van der Waals surface area contributed by atoms with Crippen molar-refractivity contribution in [2.45, 2.75) is 19.3 Å². The lowest BCUT2D eigenvalue weighted by Gasteiger charge is -2.22. The predicted molar refractivity (Wildman–Crippen MR) is 60.0 cm³/mol. The van der Waals surface area contributed by atoms with Crippen LogP contribution in [-0.2, 0) is 9.53 Å². The van der Waals surface area contributed by atoms with Gasteiger partial charge in [-0.2, -0.15) is 0 Å². The topological polar surface area (TPSA) is 44.8 Å². The standard InChI is InChI=1S/C13H14O4/c1-13-6-8(13)11-9(16-7-15-2)4-3-5-10(11)17-12(13)14/h3-5,8H,6-7H2,1-2H3. The van der Waals surface area contributed by atoms with Gasteiger partial charge in [-0.1, -0.05) is 6.07 Å². The predicted octanol–water partition coefficient (Wildman–Crippen LogP) is 2.08. The van der Waals surface area contributed by atoms with Crippen LogP contribution in [0.3, 0.4) is 0 Å². The van der Waals surface area contributed by atoms with Gasteiger partial charge in [0.1, 0.15) is 11.5 Å². The molecule has 0 spiro atoms. The molecule has 0 amide bonds. The van der Waals surface area contributed by atoms with Crippen LogP contribution in [0.5, 0.6) is 11.5 Å². The van der Waals surface area contributed by atoms with Gasteiger partial charge in [-0.15, -0.1) is 0 Å². The fourth-order valence-corrected chi connectivity index (χ4v) is 2.43. The molecule has 90 valence electrons. The third-order valence-corrected chi connectivity index (χ3v) is 3.61. The molecule has 4 nitrogen and oxygen atoms in total. The van der Waals surface area contributed by atoms with Gasteiger partial charge in [-0.25, -0.2) is 0 Å². The molecule has 0 aromatic heterocycles. The number of carbonyl (C=O) groups is 1. The van der Waals surface area contributed by atoms with Crippen molar-refractivity contribution in [1.82, 2.24) is 0 Å². The third kappa shape index (κ3) is 1.44. The molecule has 3 rings (SSSR count). The summed E-state index contributed by atoms with van der Waals surface area (Å²) in [6.07, 6.45) is 0.839. The maximum atomic E-state index is 11.8. The summed E-state index contributed by atoms with van der Waals surface area (Å²) in [7, 11) is 1.58. The molecule has 1 aromatic carbocycles. The van der Waals surface area contributed by atoms with Gasteiger partial charge in [0, 0.05) is 18.6 Å². The summed E-state index contributed by atoms with van der Waals surface area (Å²) in [5.41, 5.74) is 0.658. The summed E-state index contributed by atoms with van der Waals surface area (Å²) >= 11 is 0. The molecule has 4 heteroatoms. The van der Waals surface area contributed by atoms with Crippen molar-refractivity contribution in [3.05, 3.63) is 23.8 Å². The van der Waals surface area contributed by atoms with Gasteiger partial charge in [0.2, 0.25) is 0 Å².